The number of hydrogen-bond acceptors (Lipinski definition) is 2. The molecule has 1 aromatic rings. The maximum absolute atomic E-state index is 12.3. The predicted octanol–water partition coefficient (Wildman–Crippen LogP) is 1.97. The number of ether oxygens (including phenoxy) is 1. The molecule has 0 aromatic heterocycles. The molecule has 1 heterocycles. The quantitative estimate of drug-likeness (QED) is 0.865. The molecule has 1 atom stereocenters. The fourth-order valence-electron chi connectivity index (χ4n) is 1.57. The van der Waals surface area contributed by atoms with E-state index in [1.54, 1.807) is 0 Å². The molecule has 1 N–H and O–H groups in total. The third kappa shape index (κ3) is 2.69. The Balaban J connectivity index is 2.06. The molecule has 92 valence electrons. The van der Waals surface area contributed by atoms with Crippen molar-refractivity contribution in [2.75, 3.05) is 6.54 Å². The van der Waals surface area contributed by atoms with Gasteiger partial charge in [-0.3, -0.25) is 4.79 Å². The summed E-state index contributed by atoms with van der Waals surface area (Å²) >= 11 is 0. The Bertz CT molecular complexity index is 414. The van der Waals surface area contributed by atoms with Crippen molar-refractivity contribution < 1.29 is 22.7 Å². The number of nitrogens with one attached hydrogen (secondary N) is 1. The van der Waals surface area contributed by atoms with Crippen molar-refractivity contribution in [1.82, 2.24) is 5.32 Å². The molecule has 0 bridgehead atoms. The van der Waals surface area contributed by atoms with E-state index < -0.39 is 17.8 Å². The average Bonchev–Trinajstić information content (AvgIpc) is 2.64. The van der Waals surface area contributed by atoms with Crippen molar-refractivity contribution in [3.63, 3.8) is 0 Å². The van der Waals surface area contributed by atoms with E-state index in [-0.39, 0.29) is 11.7 Å². The summed E-state index contributed by atoms with van der Waals surface area (Å²) in [6.07, 6.45) is -4.44. The van der Waals surface area contributed by atoms with Crippen LogP contribution in [0.3, 0.4) is 0 Å². The molecular formula is C11H10F3NO2. The van der Waals surface area contributed by atoms with Crippen LogP contribution in [0.25, 0.3) is 0 Å². The van der Waals surface area contributed by atoms with E-state index in [9.17, 15) is 18.0 Å². The number of benzene rings is 1. The maximum Gasteiger partial charge on any atom is 0.416 e. The fraction of sp³-hybridized carbons (Fsp3) is 0.364. The third-order valence-electron chi connectivity index (χ3n) is 2.46. The first-order valence-electron chi connectivity index (χ1n) is 5.08. The van der Waals surface area contributed by atoms with E-state index in [1.165, 1.54) is 12.1 Å². The van der Waals surface area contributed by atoms with Crippen molar-refractivity contribution in [3.05, 3.63) is 29.8 Å². The highest BCUT2D eigenvalue weighted by molar-refractivity contribution is 5.83. The lowest BCUT2D eigenvalue weighted by Gasteiger charge is -2.12. The van der Waals surface area contributed by atoms with E-state index in [0.717, 1.165) is 12.1 Å². The molecule has 1 fully saturated rings. The largest absolute Gasteiger partial charge is 0.481 e. The van der Waals surface area contributed by atoms with E-state index in [2.05, 4.69) is 5.32 Å². The molecule has 0 saturated carbocycles. The molecular weight excluding hydrogens is 235 g/mol. The normalized spacial score (nSPS) is 20.2. The van der Waals surface area contributed by atoms with Gasteiger partial charge in [0, 0.05) is 13.0 Å². The van der Waals surface area contributed by atoms with Crippen molar-refractivity contribution in [1.29, 1.82) is 0 Å². The van der Waals surface area contributed by atoms with E-state index in [0.29, 0.717) is 13.0 Å². The highest BCUT2D eigenvalue weighted by Gasteiger charge is 2.30. The second kappa shape index (κ2) is 4.27. The minimum absolute atomic E-state index is 0.232. The van der Waals surface area contributed by atoms with Crippen molar-refractivity contribution >= 4 is 5.91 Å². The Morgan fingerprint density at radius 3 is 2.35 bits per heavy atom. The Hall–Kier alpha value is -1.72. The second-order valence-electron chi connectivity index (χ2n) is 3.71. The minimum atomic E-state index is -4.36. The molecule has 1 aliphatic rings. The lowest BCUT2D eigenvalue weighted by molar-refractivity contribution is -0.137. The van der Waals surface area contributed by atoms with Gasteiger partial charge in [-0.25, -0.2) is 0 Å². The molecule has 1 unspecified atom stereocenters. The van der Waals surface area contributed by atoms with Crippen LogP contribution in [0, 0.1) is 0 Å². The average molecular weight is 245 g/mol. The first-order chi connectivity index (χ1) is 7.97. The van der Waals surface area contributed by atoms with Gasteiger partial charge < -0.3 is 10.1 Å². The van der Waals surface area contributed by atoms with Gasteiger partial charge in [-0.1, -0.05) is 0 Å². The third-order valence-corrected chi connectivity index (χ3v) is 2.46. The summed E-state index contributed by atoms with van der Waals surface area (Å²) in [4.78, 5) is 11.2. The summed E-state index contributed by atoms with van der Waals surface area (Å²) < 4.78 is 42.1. The van der Waals surface area contributed by atoms with Crippen molar-refractivity contribution in [2.24, 2.45) is 0 Å². The Morgan fingerprint density at radius 2 is 1.88 bits per heavy atom. The molecule has 0 aliphatic carbocycles. The monoisotopic (exact) mass is 245 g/mol. The molecule has 2 rings (SSSR count). The van der Waals surface area contributed by atoms with Crippen LogP contribution < -0.4 is 10.1 Å². The summed E-state index contributed by atoms with van der Waals surface area (Å²) in [5.74, 6) is 0.0324. The molecule has 1 saturated heterocycles. The lowest BCUT2D eigenvalue weighted by atomic mass is 10.2. The highest BCUT2D eigenvalue weighted by atomic mass is 19.4. The van der Waals surface area contributed by atoms with Crippen LogP contribution in [0.4, 0.5) is 13.2 Å². The van der Waals surface area contributed by atoms with Gasteiger partial charge in [0.15, 0.2) is 6.10 Å². The van der Waals surface area contributed by atoms with Gasteiger partial charge in [-0.2, -0.15) is 13.2 Å². The molecule has 1 aliphatic heterocycles. The minimum Gasteiger partial charge on any atom is -0.481 e. The Morgan fingerprint density at radius 1 is 1.24 bits per heavy atom. The fourth-order valence-corrected chi connectivity index (χ4v) is 1.57. The highest BCUT2D eigenvalue weighted by Crippen LogP contribution is 2.30. The van der Waals surface area contributed by atoms with E-state index >= 15 is 0 Å². The van der Waals surface area contributed by atoms with Gasteiger partial charge in [0.2, 0.25) is 0 Å². The molecule has 3 nitrogen and oxygen atoms in total. The summed E-state index contributed by atoms with van der Waals surface area (Å²) in [7, 11) is 0. The summed E-state index contributed by atoms with van der Waals surface area (Å²) in [6.45, 7) is 0.532. The van der Waals surface area contributed by atoms with Gasteiger partial charge in [-0.15, -0.1) is 0 Å². The van der Waals surface area contributed by atoms with Gasteiger partial charge in [0.25, 0.3) is 5.91 Å². The number of alkyl halides is 3. The molecule has 6 heteroatoms. The summed E-state index contributed by atoms with van der Waals surface area (Å²) in [6, 6.07) is 4.30. The van der Waals surface area contributed by atoms with E-state index in [4.69, 9.17) is 4.74 Å². The number of halogens is 3. The molecule has 0 radical (unpaired) electrons. The Kier molecular flexibility index (Phi) is 2.95. The smallest absolute Gasteiger partial charge is 0.416 e. The number of rotatable bonds is 2. The van der Waals surface area contributed by atoms with Crippen LogP contribution in [0.5, 0.6) is 5.75 Å². The second-order valence-corrected chi connectivity index (χ2v) is 3.71. The summed E-state index contributed by atoms with van der Waals surface area (Å²) in [5, 5.41) is 2.58. The number of carbonyl (C=O) groups is 1. The van der Waals surface area contributed by atoms with Gasteiger partial charge >= 0.3 is 6.18 Å². The topological polar surface area (TPSA) is 38.3 Å². The zero-order valence-corrected chi connectivity index (χ0v) is 8.75. The lowest BCUT2D eigenvalue weighted by Crippen LogP contribution is -2.27. The SMILES string of the molecule is O=C1NCCC1Oc1ccc(C(F)(F)F)cc1. The Labute approximate surface area is 95.6 Å². The summed E-state index contributed by atoms with van der Waals surface area (Å²) in [5.41, 5.74) is -0.735. The van der Waals surface area contributed by atoms with Crippen LogP contribution in [0.1, 0.15) is 12.0 Å². The van der Waals surface area contributed by atoms with Gasteiger partial charge in [0.05, 0.1) is 5.56 Å². The standard InChI is InChI=1S/C11H10F3NO2/c12-11(13,14)7-1-3-8(4-2-7)17-9-5-6-15-10(9)16/h1-4,9H,5-6H2,(H,15,16). The first kappa shape index (κ1) is 11.8. The molecule has 17 heavy (non-hydrogen) atoms. The number of amides is 1. The first-order valence-corrected chi connectivity index (χ1v) is 5.08. The molecule has 1 aromatic carbocycles. The van der Waals surface area contributed by atoms with Crippen LogP contribution in [-0.4, -0.2) is 18.6 Å². The van der Waals surface area contributed by atoms with Crippen molar-refractivity contribution in [3.8, 4) is 5.75 Å². The van der Waals surface area contributed by atoms with Gasteiger partial charge in [0.1, 0.15) is 5.75 Å². The zero-order chi connectivity index (χ0) is 12.5. The van der Waals surface area contributed by atoms with Crippen LogP contribution in [0.15, 0.2) is 24.3 Å². The molecule has 1 amide bonds. The van der Waals surface area contributed by atoms with Crippen LogP contribution in [0.2, 0.25) is 0 Å². The van der Waals surface area contributed by atoms with Crippen molar-refractivity contribution in [2.45, 2.75) is 18.7 Å². The van der Waals surface area contributed by atoms with E-state index in [1.807, 2.05) is 0 Å². The van der Waals surface area contributed by atoms with Crippen LogP contribution in [-0.2, 0) is 11.0 Å². The number of hydrogen-bond donors (Lipinski definition) is 1. The maximum atomic E-state index is 12.3. The zero-order valence-electron chi connectivity index (χ0n) is 8.75. The predicted molar refractivity (Wildman–Crippen MR) is 53.5 cm³/mol. The number of carbonyl (C=O) groups excluding carboxylic acids is 1. The van der Waals surface area contributed by atoms with Crippen LogP contribution >= 0.6 is 0 Å². The van der Waals surface area contributed by atoms with Gasteiger partial charge in [-0.05, 0) is 24.3 Å². The molecule has 0 spiro atoms.